The summed E-state index contributed by atoms with van der Waals surface area (Å²) in [5.74, 6) is 0.214. The van der Waals surface area contributed by atoms with Crippen LogP contribution >= 0.6 is 0 Å². The average Bonchev–Trinajstić information content (AvgIpc) is 2.66. The Hall–Kier alpha value is -2.86. The number of carbonyl (C=O) groups is 1. The van der Waals surface area contributed by atoms with Gasteiger partial charge in [0.25, 0.3) is 0 Å². The van der Waals surface area contributed by atoms with Crippen LogP contribution in [0.5, 0.6) is 11.5 Å². The first-order chi connectivity index (χ1) is 12.8. The normalized spacial score (nSPS) is 12.6. The minimum Gasteiger partial charge on any atom is -0.497 e. The van der Waals surface area contributed by atoms with Crippen molar-refractivity contribution in [2.75, 3.05) is 13.4 Å². The molecule has 0 aromatic heterocycles. The maximum atomic E-state index is 12.5. The van der Waals surface area contributed by atoms with E-state index in [9.17, 15) is 13.2 Å². The van der Waals surface area contributed by atoms with E-state index in [0.29, 0.717) is 5.75 Å². The van der Waals surface area contributed by atoms with E-state index in [1.54, 1.807) is 14.0 Å². The van der Waals surface area contributed by atoms with Crippen LogP contribution in [0.2, 0.25) is 0 Å². The molecule has 0 radical (unpaired) electrons. The zero-order valence-corrected chi connectivity index (χ0v) is 16.1. The van der Waals surface area contributed by atoms with Gasteiger partial charge in [0.05, 0.1) is 17.9 Å². The highest BCUT2D eigenvalue weighted by atomic mass is 32.2. The van der Waals surface area contributed by atoms with Gasteiger partial charge in [-0.3, -0.25) is 4.79 Å². The fraction of sp³-hybridized carbons (Fsp3) is 0.190. The van der Waals surface area contributed by atoms with Crippen LogP contribution in [-0.4, -0.2) is 27.8 Å². The number of methoxy groups -OCH3 is 1. The molecule has 0 fully saturated rings. The SMILES string of the molecule is COc1ccc2cc([C@H](C)C(=O)Oc3ccc(S(C)(=O)=O)cc3)ccc2c1. The van der Waals surface area contributed by atoms with Gasteiger partial charge in [-0.2, -0.15) is 0 Å². The molecule has 0 amide bonds. The molecule has 0 saturated heterocycles. The monoisotopic (exact) mass is 384 g/mol. The van der Waals surface area contributed by atoms with E-state index in [1.807, 2.05) is 36.4 Å². The van der Waals surface area contributed by atoms with Crippen LogP contribution in [-0.2, 0) is 14.6 Å². The highest BCUT2D eigenvalue weighted by Crippen LogP contribution is 2.26. The summed E-state index contributed by atoms with van der Waals surface area (Å²) in [7, 11) is -1.66. The predicted octanol–water partition coefficient (Wildman–Crippen LogP) is 3.96. The number of carbonyl (C=O) groups excluding carboxylic acids is 1. The summed E-state index contributed by atoms with van der Waals surface area (Å²) in [5, 5.41) is 2.03. The molecule has 0 saturated carbocycles. The Morgan fingerprint density at radius 3 is 2.11 bits per heavy atom. The lowest BCUT2D eigenvalue weighted by atomic mass is 9.98. The van der Waals surface area contributed by atoms with Crippen LogP contribution in [0.15, 0.2) is 65.6 Å². The summed E-state index contributed by atoms with van der Waals surface area (Å²) < 4.78 is 33.6. The Kier molecular flexibility index (Phi) is 5.19. The summed E-state index contributed by atoms with van der Waals surface area (Å²) in [6.07, 6.45) is 1.13. The molecule has 1 atom stereocenters. The maximum absolute atomic E-state index is 12.5. The second kappa shape index (κ2) is 7.40. The molecular weight excluding hydrogens is 364 g/mol. The standard InChI is InChI=1S/C21H20O5S/c1-14(15-4-5-17-13-19(25-2)7-6-16(17)12-15)21(22)26-18-8-10-20(11-9-18)27(3,23)24/h4-14H,1-3H3/t14-/m0/s1. The van der Waals surface area contributed by atoms with E-state index in [1.165, 1.54) is 24.3 Å². The maximum Gasteiger partial charge on any atom is 0.318 e. The van der Waals surface area contributed by atoms with Gasteiger partial charge in [-0.05, 0) is 59.7 Å². The fourth-order valence-electron chi connectivity index (χ4n) is 2.73. The lowest BCUT2D eigenvalue weighted by Gasteiger charge is -2.13. The van der Waals surface area contributed by atoms with Gasteiger partial charge in [0.15, 0.2) is 9.84 Å². The van der Waals surface area contributed by atoms with Crippen LogP contribution in [0.1, 0.15) is 18.4 Å². The predicted molar refractivity (Wildman–Crippen MR) is 104 cm³/mol. The van der Waals surface area contributed by atoms with E-state index in [0.717, 1.165) is 28.3 Å². The number of fused-ring (bicyclic) bond motifs is 1. The third-order valence-corrected chi connectivity index (χ3v) is 5.52. The lowest BCUT2D eigenvalue weighted by Crippen LogP contribution is -2.16. The smallest absolute Gasteiger partial charge is 0.318 e. The van der Waals surface area contributed by atoms with E-state index in [2.05, 4.69) is 0 Å². The Morgan fingerprint density at radius 1 is 0.889 bits per heavy atom. The highest BCUT2D eigenvalue weighted by Gasteiger charge is 2.18. The molecule has 6 heteroatoms. The molecule has 0 bridgehead atoms. The van der Waals surface area contributed by atoms with Gasteiger partial charge in [-0.1, -0.05) is 24.3 Å². The molecule has 0 aliphatic heterocycles. The van der Waals surface area contributed by atoms with Crippen molar-refractivity contribution in [3.63, 3.8) is 0 Å². The molecular formula is C21H20O5S. The van der Waals surface area contributed by atoms with Crippen LogP contribution in [0.3, 0.4) is 0 Å². The number of esters is 1. The molecule has 0 spiro atoms. The summed E-state index contributed by atoms with van der Waals surface area (Å²) in [4.78, 5) is 12.7. The number of hydrogen-bond acceptors (Lipinski definition) is 5. The van der Waals surface area contributed by atoms with Gasteiger partial charge in [0.2, 0.25) is 0 Å². The summed E-state index contributed by atoms with van der Waals surface area (Å²) >= 11 is 0. The number of benzene rings is 3. The zero-order chi connectivity index (χ0) is 19.6. The molecule has 0 aliphatic rings. The van der Waals surface area contributed by atoms with Gasteiger partial charge in [-0.25, -0.2) is 8.42 Å². The van der Waals surface area contributed by atoms with Crippen LogP contribution in [0, 0.1) is 0 Å². The first-order valence-electron chi connectivity index (χ1n) is 8.37. The van der Waals surface area contributed by atoms with Crippen molar-refractivity contribution in [2.45, 2.75) is 17.7 Å². The molecule has 5 nitrogen and oxygen atoms in total. The van der Waals surface area contributed by atoms with Gasteiger partial charge < -0.3 is 9.47 Å². The molecule has 0 unspecified atom stereocenters. The number of rotatable bonds is 5. The number of ether oxygens (including phenoxy) is 2. The molecule has 27 heavy (non-hydrogen) atoms. The molecule has 3 aromatic carbocycles. The van der Waals surface area contributed by atoms with Crippen molar-refractivity contribution in [3.05, 3.63) is 66.2 Å². The van der Waals surface area contributed by atoms with Crippen LogP contribution < -0.4 is 9.47 Å². The Balaban J connectivity index is 1.77. The van der Waals surface area contributed by atoms with Crippen LogP contribution in [0.25, 0.3) is 10.8 Å². The molecule has 3 aromatic rings. The van der Waals surface area contributed by atoms with Gasteiger partial charge in [-0.15, -0.1) is 0 Å². The first kappa shape index (κ1) is 18.9. The van der Waals surface area contributed by atoms with Crippen LogP contribution in [0.4, 0.5) is 0 Å². The summed E-state index contributed by atoms with van der Waals surface area (Å²) in [5.41, 5.74) is 0.838. The van der Waals surface area contributed by atoms with E-state index >= 15 is 0 Å². The lowest BCUT2D eigenvalue weighted by molar-refractivity contribution is -0.135. The molecule has 0 heterocycles. The summed E-state index contributed by atoms with van der Waals surface area (Å²) in [6, 6.07) is 17.3. The van der Waals surface area contributed by atoms with Gasteiger partial charge in [0, 0.05) is 6.26 Å². The Morgan fingerprint density at radius 2 is 1.48 bits per heavy atom. The van der Waals surface area contributed by atoms with Crippen molar-refractivity contribution >= 4 is 26.6 Å². The van der Waals surface area contributed by atoms with E-state index in [-0.39, 0.29) is 4.90 Å². The first-order valence-corrected chi connectivity index (χ1v) is 10.3. The fourth-order valence-corrected chi connectivity index (χ4v) is 3.36. The highest BCUT2D eigenvalue weighted by molar-refractivity contribution is 7.90. The van der Waals surface area contributed by atoms with E-state index < -0.39 is 21.7 Å². The molecule has 0 aliphatic carbocycles. The number of hydrogen-bond donors (Lipinski definition) is 0. The number of sulfone groups is 1. The largest absolute Gasteiger partial charge is 0.497 e. The third kappa shape index (κ3) is 4.28. The van der Waals surface area contributed by atoms with E-state index in [4.69, 9.17) is 9.47 Å². The second-order valence-corrected chi connectivity index (χ2v) is 8.37. The second-order valence-electron chi connectivity index (χ2n) is 6.36. The van der Waals surface area contributed by atoms with Crippen molar-refractivity contribution in [1.82, 2.24) is 0 Å². The van der Waals surface area contributed by atoms with Crippen molar-refractivity contribution in [3.8, 4) is 11.5 Å². The van der Waals surface area contributed by atoms with Crippen molar-refractivity contribution < 1.29 is 22.7 Å². The minimum atomic E-state index is -3.28. The molecule has 140 valence electrons. The van der Waals surface area contributed by atoms with Crippen molar-refractivity contribution in [1.29, 1.82) is 0 Å². The minimum absolute atomic E-state index is 0.181. The topological polar surface area (TPSA) is 69.7 Å². The summed E-state index contributed by atoms with van der Waals surface area (Å²) in [6.45, 7) is 1.78. The Bertz CT molecular complexity index is 1090. The van der Waals surface area contributed by atoms with Gasteiger partial charge in [0.1, 0.15) is 11.5 Å². The van der Waals surface area contributed by atoms with Crippen molar-refractivity contribution in [2.24, 2.45) is 0 Å². The molecule has 0 N–H and O–H groups in total. The quantitative estimate of drug-likeness (QED) is 0.492. The van der Waals surface area contributed by atoms with Gasteiger partial charge >= 0.3 is 5.97 Å². The zero-order valence-electron chi connectivity index (χ0n) is 15.3. The Labute approximate surface area is 158 Å². The third-order valence-electron chi connectivity index (χ3n) is 4.40. The molecule has 3 rings (SSSR count). The average molecular weight is 384 g/mol.